The lowest BCUT2D eigenvalue weighted by atomic mass is 10.1. The monoisotopic (exact) mass is 283 g/mol. The first-order valence-corrected chi connectivity index (χ1v) is 6.09. The zero-order valence-electron chi connectivity index (χ0n) is 11.4. The van der Waals surface area contributed by atoms with Gasteiger partial charge < -0.3 is 15.2 Å². The largest absolute Gasteiger partial charge is 0.497 e. The molecule has 2 rings (SSSR count). The number of nitrogens with two attached hydrogens (primary N) is 1. The van der Waals surface area contributed by atoms with Crippen LogP contribution in [0.4, 0.5) is 5.69 Å². The number of hydrogen-bond donors (Lipinski definition) is 1. The van der Waals surface area contributed by atoms with E-state index < -0.39 is 5.97 Å². The Kier molecular flexibility index (Phi) is 4.36. The van der Waals surface area contributed by atoms with Crippen molar-refractivity contribution in [1.82, 2.24) is 4.98 Å². The minimum Gasteiger partial charge on any atom is -0.497 e. The lowest BCUT2D eigenvalue weighted by molar-refractivity contribution is 0.0473. The second-order valence-corrected chi connectivity index (χ2v) is 4.19. The molecule has 1 heterocycles. The molecule has 0 saturated carbocycles. The van der Waals surface area contributed by atoms with Crippen LogP contribution < -0.4 is 10.5 Å². The molecule has 0 fully saturated rings. The van der Waals surface area contributed by atoms with E-state index in [1.165, 1.54) is 19.4 Å². The van der Waals surface area contributed by atoms with Crippen LogP contribution in [0.3, 0.4) is 0 Å². The topological polar surface area (TPSA) is 98.2 Å². The first-order valence-electron chi connectivity index (χ1n) is 6.09. The first-order chi connectivity index (χ1) is 10.1. The van der Waals surface area contributed by atoms with Crippen molar-refractivity contribution >= 4 is 11.7 Å². The number of carbonyl (C=O) groups excluding carboxylic acids is 1. The molecular formula is C15H13N3O3. The van der Waals surface area contributed by atoms with Crippen LogP contribution in [0, 0.1) is 11.3 Å². The second-order valence-electron chi connectivity index (χ2n) is 4.19. The third kappa shape index (κ3) is 3.48. The number of ether oxygens (including phenoxy) is 2. The van der Waals surface area contributed by atoms with Gasteiger partial charge in [-0.2, -0.15) is 5.26 Å². The Hall–Kier alpha value is -3.07. The maximum Gasteiger partial charge on any atom is 0.340 e. The molecule has 0 aliphatic heterocycles. The number of hydrogen-bond acceptors (Lipinski definition) is 6. The molecule has 6 nitrogen and oxygen atoms in total. The van der Waals surface area contributed by atoms with Crippen molar-refractivity contribution in [1.29, 1.82) is 5.26 Å². The fraction of sp³-hybridized carbons (Fsp3) is 0.133. The van der Waals surface area contributed by atoms with Gasteiger partial charge in [0.05, 0.1) is 12.7 Å². The van der Waals surface area contributed by atoms with Crippen LogP contribution in [0.25, 0.3) is 0 Å². The molecule has 21 heavy (non-hydrogen) atoms. The number of rotatable bonds is 4. The summed E-state index contributed by atoms with van der Waals surface area (Å²) in [6, 6.07) is 9.91. The number of methoxy groups -OCH3 is 1. The average molecular weight is 283 g/mol. The third-order valence-corrected chi connectivity index (χ3v) is 2.79. The molecule has 0 amide bonds. The van der Waals surface area contributed by atoms with Crippen LogP contribution in [0.5, 0.6) is 5.75 Å². The molecule has 1 aromatic heterocycles. The molecule has 2 N–H and O–H groups in total. The SMILES string of the molecule is COc1ccc(N)c(C(=O)OCc2ccnc(C#N)c2)c1. The molecule has 0 radical (unpaired) electrons. The van der Waals surface area contributed by atoms with Crippen molar-refractivity contribution in [3.63, 3.8) is 0 Å². The summed E-state index contributed by atoms with van der Waals surface area (Å²) in [4.78, 5) is 15.9. The van der Waals surface area contributed by atoms with Crippen molar-refractivity contribution in [2.75, 3.05) is 12.8 Å². The molecule has 0 spiro atoms. The normalized spacial score (nSPS) is 9.71. The number of benzene rings is 1. The smallest absolute Gasteiger partial charge is 0.340 e. The van der Waals surface area contributed by atoms with E-state index in [0.29, 0.717) is 17.0 Å². The van der Waals surface area contributed by atoms with E-state index in [1.807, 2.05) is 6.07 Å². The zero-order chi connectivity index (χ0) is 15.2. The summed E-state index contributed by atoms with van der Waals surface area (Å²) < 4.78 is 10.2. The van der Waals surface area contributed by atoms with E-state index in [0.717, 1.165) is 0 Å². The van der Waals surface area contributed by atoms with Crippen molar-refractivity contribution in [3.05, 3.63) is 53.3 Å². The van der Waals surface area contributed by atoms with E-state index in [2.05, 4.69) is 4.98 Å². The Morgan fingerprint density at radius 1 is 1.38 bits per heavy atom. The molecule has 0 aliphatic rings. The van der Waals surface area contributed by atoms with Gasteiger partial charge in [-0.25, -0.2) is 9.78 Å². The molecule has 0 unspecified atom stereocenters. The molecule has 2 aromatic rings. The molecule has 1 aromatic carbocycles. The van der Waals surface area contributed by atoms with Crippen LogP contribution in [-0.2, 0) is 11.3 Å². The van der Waals surface area contributed by atoms with E-state index >= 15 is 0 Å². The standard InChI is InChI=1S/C15H13N3O3/c1-20-12-2-3-14(17)13(7-12)15(19)21-9-10-4-5-18-11(6-10)8-16/h2-7H,9,17H2,1H3. The van der Waals surface area contributed by atoms with Gasteiger partial charge in [-0.1, -0.05) is 0 Å². The number of pyridine rings is 1. The Labute approximate surface area is 121 Å². The molecular weight excluding hydrogens is 270 g/mol. The van der Waals surface area contributed by atoms with Crippen molar-refractivity contribution in [3.8, 4) is 11.8 Å². The summed E-state index contributed by atoms with van der Waals surface area (Å²) in [5.41, 5.74) is 7.25. The van der Waals surface area contributed by atoms with Crippen LogP contribution in [0.1, 0.15) is 21.6 Å². The molecule has 0 bridgehead atoms. The van der Waals surface area contributed by atoms with Gasteiger partial charge in [0.2, 0.25) is 0 Å². The first kappa shape index (κ1) is 14.3. The molecule has 106 valence electrons. The highest BCUT2D eigenvalue weighted by molar-refractivity contribution is 5.95. The summed E-state index contributed by atoms with van der Waals surface area (Å²) >= 11 is 0. The number of aromatic nitrogens is 1. The minimum absolute atomic E-state index is 0.0344. The van der Waals surface area contributed by atoms with Gasteiger partial charge in [0.1, 0.15) is 24.1 Å². The lowest BCUT2D eigenvalue weighted by Gasteiger charge is -2.08. The Morgan fingerprint density at radius 2 is 2.19 bits per heavy atom. The highest BCUT2D eigenvalue weighted by atomic mass is 16.5. The molecule has 0 atom stereocenters. The number of anilines is 1. The summed E-state index contributed by atoms with van der Waals surface area (Å²) in [6.07, 6.45) is 1.49. The predicted molar refractivity (Wildman–Crippen MR) is 75.5 cm³/mol. The Morgan fingerprint density at radius 3 is 2.90 bits per heavy atom. The lowest BCUT2D eigenvalue weighted by Crippen LogP contribution is -2.08. The average Bonchev–Trinajstić information content (AvgIpc) is 2.53. The fourth-order valence-corrected chi connectivity index (χ4v) is 1.69. The zero-order valence-corrected chi connectivity index (χ0v) is 11.4. The van der Waals surface area contributed by atoms with Crippen molar-refractivity contribution < 1.29 is 14.3 Å². The third-order valence-electron chi connectivity index (χ3n) is 2.79. The highest BCUT2D eigenvalue weighted by Gasteiger charge is 2.13. The van der Waals surface area contributed by atoms with Gasteiger partial charge in [-0.05, 0) is 35.9 Å². The van der Waals surface area contributed by atoms with E-state index in [9.17, 15) is 4.79 Å². The van der Waals surface area contributed by atoms with Gasteiger partial charge in [-0.3, -0.25) is 0 Å². The highest BCUT2D eigenvalue weighted by Crippen LogP contribution is 2.20. The van der Waals surface area contributed by atoms with E-state index in [-0.39, 0.29) is 17.9 Å². The van der Waals surface area contributed by atoms with Gasteiger partial charge in [0, 0.05) is 11.9 Å². The van der Waals surface area contributed by atoms with Gasteiger partial charge >= 0.3 is 5.97 Å². The molecule has 6 heteroatoms. The molecule has 0 saturated heterocycles. The number of carbonyl (C=O) groups is 1. The van der Waals surface area contributed by atoms with Crippen LogP contribution in [0.2, 0.25) is 0 Å². The van der Waals surface area contributed by atoms with Gasteiger partial charge in [0.15, 0.2) is 0 Å². The van der Waals surface area contributed by atoms with Crippen LogP contribution in [0.15, 0.2) is 36.5 Å². The van der Waals surface area contributed by atoms with Gasteiger partial charge in [0.25, 0.3) is 0 Å². The number of nitrogen functional groups attached to an aromatic ring is 1. The number of nitrogens with zero attached hydrogens (tertiary/aromatic N) is 2. The van der Waals surface area contributed by atoms with E-state index in [4.69, 9.17) is 20.5 Å². The summed E-state index contributed by atoms with van der Waals surface area (Å²) in [5.74, 6) is -0.0338. The quantitative estimate of drug-likeness (QED) is 0.679. The Bertz CT molecular complexity index is 708. The number of esters is 1. The maximum atomic E-state index is 12.0. The molecule has 0 aliphatic carbocycles. The second kappa shape index (κ2) is 6.39. The summed E-state index contributed by atoms with van der Waals surface area (Å²) in [7, 11) is 1.50. The number of nitriles is 1. The Balaban J connectivity index is 2.10. The maximum absolute atomic E-state index is 12.0. The summed E-state index contributed by atoms with van der Waals surface area (Å²) in [6.45, 7) is 0.0344. The van der Waals surface area contributed by atoms with Crippen LogP contribution >= 0.6 is 0 Å². The van der Waals surface area contributed by atoms with Crippen molar-refractivity contribution in [2.24, 2.45) is 0 Å². The fourth-order valence-electron chi connectivity index (χ4n) is 1.69. The van der Waals surface area contributed by atoms with Crippen LogP contribution in [-0.4, -0.2) is 18.1 Å². The summed E-state index contributed by atoms with van der Waals surface area (Å²) in [5, 5.41) is 8.76. The minimum atomic E-state index is -0.554. The van der Waals surface area contributed by atoms with Gasteiger partial charge in [-0.15, -0.1) is 0 Å². The van der Waals surface area contributed by atoms with E-state index in [1.54, 1.807) is 24.3 Å². The predicted octanol–water partition coefficient (Wildman–Crippen LogP) is 1.90. The van der Waals surface area contributed by atoms with Crippen molar-refractivity contribution in [2.45, 2.75) is 6.61 Å².